The van der Waals surface area contributed by atoms with E-state index in [9.17, 15) is 37.0 Å². The van der Waals surface area contributed by atoms with Crippen LogP contribution in [0.4, 0.5) is 14.8 Å². The van der Waals surface area contributed by atoms with Gasteiger partial charge in [-0.25, -0.2) is 21.5 Å². The summed E-state index contributed by atoms with van der Waals surface area (Å²) in [6, 6.07) is 0.0141. The molecule has 0 bridgehead atoms. The largest absolute Gasteiger partial charge is 0.430 e. The molecule has 11 nitrogen and oxygen atoms in total. The molecule has 0 fully saturated rings. The van der Waals surface area contributed by atoms with E-state index in [0.717, 1.165) is 31.7 Å². The lowest BCUT2D eigenvalue weighted by Gasteiger charge is -2.31. The number of nitrogens with zero attached hydrogens (tertiary/aromatic N) is 2. The topological polar surface area (TPSA) is 162 Å². The summed E-state index contributed by atoms with van der Waals surface area (Å²) in [6.45, 7) is 2.63. The number of hydrogen-bond acceptors (Lipinski definition) is 8. The second kappa shape index (κ2) is 10.9. The van der Waals surface area contributed by atoms with Crippen molar-refractivity contribution in [3.8, 4) is 0 Å². The first-order valence-electron chi connectivity index (χ1n) is 9.97. The van der Waals surface area contributed by atoms with Crippen LogP contribution in [0.3, 0.4) is 0 Å². The van der Waals surface area contributed by atoms with Gasteiger partial charge in [0.15, 0.2) is 5.69 Å². The number of amides is 2. The average molecular weight is 505 g/mol. The quantitative estimate of drug-likeness (QED) is 0.350. The minimum Gasteiger partial charge on any atom is -0.430 e. The molecule has 1 aromatic carbocycles. The van der Waals surface area contributed by atoms with Gasteiger partial charge in [-0.2, -0.15) is 4.98 Å². The van der Waals surface area contributed by atoms with E-state index in [-0.39, 0.29) is 17.7 Å². The third-order valence-electron chi connectivity index (χ3n) is 4.89. The number of aliphatic hydroxyl groups is 2. The van der Waals surface area contributed by atoms with Gasteiger partial charge in [0.1, 0.15) is 30.1 Å². The van der Waals surface area contributed by atoms with Crippen molar-refractivity contribution >= 4 is 27.9 Å². The van der Waals surface area contributed by atoms with Crippen LogP contribution in [0.25, 0.3) is 0 Å². The maximum Gasteiger partial charge on any atom is 0.311 e. The van der Waals surface area contributed by atoms with E-state index >= 15 is 0 Å². The van der Waals surface area contributed by atoms with E-state index in [2.05, 4.69) is 15.6 Å². The Morgan fingerprint density at radius 1 is 1.15 bits per heavy atom. The maximum atomic E-state index is 13.6. The van der Waals surface area contributed by atoms with Crippen molar-refractivity contribution < 1.29 is 41.4 Å². The zero-order valence-electron chi connectivity index (χ0n) is 18.8. The Labute approximate surface area is 194 Å². The number of nitrogens with one attached hydrogen (secondary N) is 2. The van der Waals surface area contributed by atoms with Gasteiger partial charge in [0, 0.05) is 20.0 Å². The number of anilines is 1. The van der Waals surface area contributed by atoms with Gasteiger partial charge >= 0.3 is 6.01 Å². The Morgan fingerprint density at radius 2 is 1.74 bits per heavy atom. The first-order valence-corrected chi connectivity index (χ1v) is 11.8. The number of aliphatic hydroxyl groups excluding tert-OH is 2. The number of sulfonamides is 1. The van der Waals surface area contributed by atoms with E-state index in [0.29, 0.717) is 10.4 Å². The molecule has 2 rings (SSSR count). The number of benzene rings is 1. The molecule has 0 aliphatic rings. The number of halogens is 2. The molecule has 4 unspecified atom stereocenters. The van der Waals surface area contributed by atoms with Crippen molar-refractivity contribution in [3.63, 3.8) is 0 Å². The molecule has 0 aliphatic heterocycles. The van der Waals surface area contributed by atoms with Crippen molar-refractivity contribution in [1.82, 2.24) is 15.6 Å². The van der Waals surface area contributed by atoms with Crippen LogP contribution in [-0.4, -0.2) is 73.0 Å². The summed E-state index contributed by atoms with van der Waals surface area (Å²) in [4.78, 5) is 27.8. The molecular formula is C20H26F2N4O7S. The predicted molar refractivity (Wildman–Crippen MR) is 116 cm³/mol. The third-order valence-corrected chi connectivity index (χ3v) is 6.04. The Balaban J connectivity index is 2.30. The van der Waals surface area contributed by atoms with Gasteiger partial charge in [-0.3, -0.25) is 9.59 Å². The monoisotopic (exact) mass is 504 g/mol. The molecular weight excluding hydrogens is 478 g/mol. The van der Waals surface area contributed by atoms with Crippen molar-refractivity contribution in [3.05, 3.63) is 47.4 Å². The maximum absolute atomic E-state index is 13.6. The molecule has 2 amide bonds. The standard InChI is InChI=1S/C20H26F2N4O7S/c1-10(23-11(2)27)17(28)18(29)15(7-12-5-13(21)8-14(22)6-12)24-19(30)16-9-33-20(25-16)26(3)34(4,31)32/h5-6,8-10,15,17-18,28-29H,7H2,1-4H3,(H,23,27)(H,24,30). The Kier molecular flexibility index (Phi) is 8.69. The summed E-state index contributed by atoms with van der Waals surface area (Å²) >= 11 is 0. The van der Waals surface area contributed by atoms with Crippen molar-refractivity contribution in [2.45, 2.75) is 44.6 Å². The number of hydrogen-bond donors (Lipinski definition) is 4. The molecule has 4 atom stereocenters. The number of carbonyl (C=O) groups is 2. The van der Waals surface area contributed by atoms with Crippen LogP contribution in [0, 0.1) is 11.6 Å². The lowest BCUT2D eigenvalue weighted by atomic mass is 9.94. The Bertz CT molecular complexity index is 1120. The van der Waals surface area contributed by atoms with Crippen LogP contribution in [0.15, 0.2) is 28.9 Å². The lowest BCUT2D eigenvalue weighted by Crippen LogP contribution is -2.55. The van der Waals surface area contributed by atoms with Gasteiger partial charge in [0.25, 0.3) is 5.91 Å². The van der Waals surface area contributed by atoms with E-state index in [1.165, 1.54) is 13.8 Å². The molecule has 1 heterocycles. The number of aromatic nitrogens is 1. The second-order valence-electron chi connectivity index (χ2n) is 7.78. The Hall–Kier alpha value is -3.10. The summed E-state index contributed by atoms with van der Waals surface area (Å²) in [5.41, 5.74) is -0.281. The van der Waals surface area contributed by atoms with E-state index in [1.54, 1.807) is 0 Å². The lowest BCUT2D eigenvalue weighted by molar-refractivity contribution is -0.121. The molecule has 34 heavy (non-hydrogen) atoms. The van der Waals surface area contributed by atoms with Crippen molar-refractivity contribution in [2.24, 2.45) is 0 Å². The molecule has 0 aliphatic carbocycles. The molecule has 0 spiro atoms. The number of rotatable bonds is 10. The fourth-order valence-corrected chi connectivity index (χ4v) is 3.44. The summed E-state index contributed by atoms with van der Waals surface area (Å²) < 4.78 is 56.3. The molecule has 0 saturated carbocycles. The predicted octanol–water partition coefficient (Wildman–Crippen LogP) is -0.0639. The minimum atomic E-state index is -3.72. The summed E-state index contributed by atoms with van der Waals surface area (Å²) in [5.74, 6) is -3.16. The summed E-state index contributed by atoms with van der Waals surface area (Å²) in [6.07, 6.45) is -1.79. The highest BCUT2D eigenvalue weighted by Crippen LogP contribution is 2.17. The second-order valence-corrected chi connectivity index (χ2v) is 9.79. The summed E-state index contributed by atoms with van der Waals surface area (Å²) in [7, 11) is -2.56. The van der Waals surface area contributed by atoms with E-state index in [4.69, 9.17) is 4.42 Å². The zero-order valence-corrected chi connectivity index (χ0v) is 19.6. The van der Waals surface area contributed by atoms with Gasteiger partial charge in [-0.1, -0.05) is 0 Å². The molecule has 188 valence electrons. The number of oxazole rings is 1. The normalized spacial score (nSPS) is 15.2. The molecule has 14 heteroatoms. The molecule has 1 aromatic heterocycles. The smallest absolute Gasteiger partial charge is 0.311 e. The van der Waals surface area contributed by atoms with Crippen LogP contribution in [0.5, 0.6) is 0 Å². The highest BCUT2D eigenvalue weighted by molar-refractivity contribution is 7.92. The molecule has 2 aromatic rings. The van der Waals surface area contributed by atoms with Crippen molar-refractivity contribution in [2.75, 3.05) is 17.6 Å². The number of carbonyl (C=O) groups excluding carboxylic acids is 2. The summed E-state index contributed by atoms with van der Waals surface area (Å²) in [5, 5.41) is 26.0. The highest BCUT2D eigenvalue weighted by atomic mass is 32.2. The third kappa shape index (κ3) is 7.20. The SMILES string of the molecule is CC(=O)NC(C)C(O)C(O)C(Cc1cc(F)cc(F)c1)NC(=O)c1coc(N(C)S(C)(=O)=O)n1. The van der Waals surface area contributed by atoms with Gasteiger partial charge in [0.05, 0.1) is 18.3 Å². The van der Waals surface area contributed by atoms with Crippen LogP contribution < -0.4 is 14.9 Å². The van der Waals surface area contributed by atoms with Gasteiger partial charge < -0.3 is 25.3 Å². The van der Waals surface area contributed by atoms with Crippen LogP contribution in [0.1, 0.15) is 29.9 Å². The van der Waals surface area contributed by atoms with Crippen LogP contribution in [0.2, 0.25) is 0 Å². The highest BCUT2D eigenvalue weighted by Gasteiger charge is 2.33. The van der Waals surface area contributed by atoms with E-state index < -0.39 is 63.8 Å². The van der Waals surface area contributed by atoms with Crippen LogP contribution in [-0.2, 0) is 21.2 Å². The minimum absolute atomic E-state index is 0.0684. The van der Waals surface area contributed by atoms with Gasteiger partial charge in [-0.15, -0.1) is 0 Å². The Morgan fingerprint density at radius 3 is 2.26 bits per heavy atom. The van der Waals surface area contributed by atoms with E-state index in [1.807, 2.05) is 0 Å². The van der Waals surface area contributed by atoms with Gasteiger partial charge in [-0.05, 0) is 31.0 Å². The first-order chi connectivity index (χ1) is 15.7. The van der Waals surface area contributed by atoms with Crippen molar-refractivity contribution in [1.29, 1.82) is 0 Å². The first kappa shape index (κ1) is 27.1. The van der Waals surface area contributed by atoms with Gasteiger partial charge in [0.2, 0.25) is 15.9 Å². The molecule has 0 radical (unpaired) electrons. The fraction of sp³-hybridized carbons (Fsp3) is 0.450. The zero-order chi connectivity index (χ0) is 25.8. The fourth-order valence-electron chi connectivity index (χ4n) is 3.08. The average Bonchev–Trinajstić information content (AvgIpc) is 3.19. The molecule has 0 saturated heterocycles. The van der Waals surface area contributed by atoms with Crippen LogP contribution >= 0.6 is 0 Å². The molecule has 4 N–H and O–H groups in total.